The van der Waals surface area contributed by atoms with Crippen molar-refractivity contribution in [3.8, 4) is 10.8 Å². The van der Waals surface area contributed by atoms with Gasteiger partial charge in [0, 0.05) is 6.54 Å². The summed E-state index contributed by atoms with van der Waals surface area (Å²) in [7, 11) is 0. The fourth-order valence-corrected chi connectivity index (χ4v) is 2.07. The Morgan fingerprint density at radius 3 is 3.06 bits per heavy atom. The first-order valence-electron chi connectivity index (χ1n) is 5.22. The van der Waals surface area contributed by atoms with Crippen LogP contribution < -0.4 is 4.74 Å². The molecule has 0 aliphatic carbocycles. The van der Waals surface area contributed by atoms with E-state index in [0.29, 0.717) is 10.8 Å². The molecule has 0 atom stereocenters. The second kappa shape index (κ2) is 5.01. The molecular formula is C11H12N2O3S. The molecule has 0 amide bonds. The Kier molecular flexibility index (Phi) is 3.43. The topological polar surface area (TPSA) is 64.3 Å². The minimum atomic E-state index is -0.938. The fourth-order valence-electron chi connectivity index (χ4n) is 1.35. The van der Waals surface area contributed by atoms with Gasteiger partial charge < -0.3 is 9.84 Å². The third-order valence-electron chi connectivity index (χ3n) is 2.07. The highest BCUT2D eigenvalue weighted by atomic mass is 32.1. The number of aryl methyl sites for hydroxylation is 1. The van der Waals surface area contributed by atoms with Crippen LogP contribution in [-0.4, -0.2) is 20.9 Å². The van der Waals surface area contributed by atoms with Gasteiger partial charge in [-0.2, -0.15) is 5.10 Å². The molecule has 0 unspecified atom stereocenters. The number of aromatic carboxylic acids is 1. The zero-order valence-corrected chi connectivity index (χ0v) is 10.1. The highest BCUT2D eigenvalue weighted by Crippen LogP contribution is 2.29. The summed E-state index contributed by atoms with van der Waals surface area (Å²) in [6, 6.07) is 3.17. The molecule has 1 N–H and O–H groups in total. The summed E-state index contributed by atoms with van der Waals surface area (Å²) in [6.07, 6.45) is 4.42. The van der Waals surface area contributed by atoms with Crippen molar-refractivity contribution in [1.82, 2.24) is 9.78 Å². The highest BCUT2D eigenvalue weighted by Gasteiger charge is 2.09. The van der Waals surface area contributed by atoms with Crippen molar-refractivity contribution >= 4 is 17.3 Å². The zero-order valence-electron chi connectivity index (χ0n) is 9.29. The van der Waals surface area contributed by atoms with Crippen LogP contribution in [0, 0.1) is 0 Å². The first-order valence-corrected chi connectivity index (χ1v) is 6.04. The smallest absolute Gasteiger partial charge is 0.345 e. The molecule has 17 heavy (non-hydrogen) atoms. The summed E-state index contributed by atoms with van der Waals surface area (Å²) in [6.45, 7) is 2.91. The first kappa shape index (κ1) is 11.7. The predicted octanol–water partition coefficient (Wildman–Crippen LogP) is 2.85. The van der Waals surface area contributed by atoms with Gasteiger partial charge in [0.1, 0.15) is 4.88 Å². The van der Waals surface area contributed by atoms with Crippen molar-refractivity contribution in [2.45, 2.75) is 19.9 Å². The van der Waals surface area contributed by atoms with E-state index in [2.05, 4.69) is 12.0 Å². The Labute approximate surface area is 102 Å². The molecular weight excluding hydrogens is 240 g/mol. The Bertz CT molecular complexity index is 518. The molecule has 6 heteroatoms. The van der Waals surface area contributed by atoms with Crippen LogP contribution in [-0.2, 0) is 6.54 Å². The molecule has 90 valence electrons. The average molecular weight is 252 g/mol. The number of hydrogen-bond acceptors (Lipinski definition) is 4. The van der Waals surface area contributed by atoms with Crippen LogP contribution in [0.5, 0.6) is 10.8 Å². The minimum absolute atomic E-state index is 0.265. The number of carboxylic acids is 1. The van der Waals surface area contributed by atoms with Gasteiger partial charge in [-0.1, -0.05) is 18.3 Å². The van der Waals surface area contributed by atoms with E-state index in [9.17, 15) is 4.79 Å². The van der Waals surface area contributed by atoms with E-state index in [1.54, 1.807) is 23.1 Å². The second-order valence-electron chi connectivity index (χ2n) is 3.47. The second-order valence-corrected chi connectivity index (χ2v) is 4.51. The van der Waals surface area contributed by atoms with Crippen molar-refractivity contribution < 1.29 is 14.6 Å². The van der Waals surface area contributed by atoms with Crippen LogP contribution in [0.25, 0.3) is 0 Å². The molecule has 0 aromatic carbocycles. The summed E-state index contributed by atoms with van der Waals surface area (Å²) in [5.74, 6) is -0.316. The normalized spacial score (nSPS) is 10.4. The maximum Gasteiger partial charge on any atom is 0.345 e. The zero-order chi connectivity index (χ0) is 12.3. The number of ether oxygens (including phenoxy) is 1. The van der Waals surface area contributed by atoms with Crippen LogP contribution in [0.2, 0.25) is 0 Å². The summed E-state index contributed by atoms with van der Waals surface area (Å²) < 4.78 is 7.30. The van der Waals surface area contributed by atoms with Crippen LogP contribution in [0.4, 0.5) is 0 Å². The molecule has 0 spiro atoms. The maximum absolute atomic E-state index is 10.7. The molecule has 0 bridgehead atoms. The quantitative estimate of drug-likeness (QED) is 0.888. The Morgan fingerprint density at radius 1 is 1.59 bits per heavy atom. The Hall–Kier alpha value is -1.82. The van der Waals surface area contributed by atoms with E-state index in [-0.39, 0.29) is 4.88 Å². The van der Waals surface area contributed by atoms with Crippen molar-refractivity contribution in [2.24, 2.45) is 0 Å². The average Bonchev–Trinajstić information content (AvgIpc) is 2.89. The van der Waals surface area contributed by atoms with E-state index in [0.717, 1.165) is 24.3 Å². The van der Waals surface area contributed by atoms with Gasteiger partial charge in [0.05, 0.1) is 12.4 Å². The third kappa shape index (κ3) is 2.85. The molecule has 0 aliphatic rings. The maximum atomic E-state index is 10.7. The molecule has 0 fully saturated rings. The molecule has 0 saturated carbocycles. The van der Waals surface area contributed by atoms with Gasteiger partial charge in [0.2, 0.25) is 0 Å². The number of carbonyl (C=O) groups is 1. The van der Waals surface area contributed by atoms with E-state index < -0.39 is 5.97 Å². The van der Waals surface area contributed by atoms with Crippen molar-refractivity contribution in [1.29, 1.82) is 0 Å². The fraction of sp³-hybridized carbons (Fsp3) is 0.273. The molecule has 2 heterocycles. The number of aromatic nitrogens is 2. The number of carboxylic acid groups (broad SMARTS) is 1. The summed E-state index contributed by atoms with van der Waals surface area (Å²) in [4.78, 5) is 11.0. The first-order chi connectivity index (χ1) is 8.19. The lowest BCUT2D eigenvalue weighted by molar-refractivity contribution is 0.0702. The van der Waals surface area contributed by atoms with Gasteiger partial charge in [-0.05, 0) is 18.6 Å². The highest BCUT2D eigenvalue weighted by molar-refractivity contribution is 7.15. The summed E-state index contributed by atoms with van der Waals surface area (Å²) in [5.41, 5.74) is 0. The number of hydrogen-bond donors (Lipinski definition) is 1. The van der Waals surface area contributed by atoms with E-state index in [4.69, 9.17) is 9.84 Å². The predicted molar refractivity (Wildman–Crippen MR) is 63.9 cm³/mol. The van der Waals surface area contributed by atoms with Gasteiger partial charge in [-0.3, -0.25) is 4.68 Å². The summed E-state index contributed by atoms with van der Waals surface area (Å²) >= 11 is 1.10. The molecule has 0 aliphatic heterocycles. The number of thiophene rings is 1. The molecule has 2 aromatic heterocycles. The lowest BCUT2D eigenvalue weighted by Gasteiger charge is -1.97. The lowest BCUT2D eigenvalue weighted by atomic mass is 10.5. The van der Waals surface area contributed by atoms with Crippen LogP contribution in [0.3, 0.4) is 0 Å². The van der Waals surface area contributed by atoms with Gasteiger partial charge in [0.15, 0.2) is 10.8 Å². The SMILES string of the molecule is CCCn1cc(Oc2ccc(C(=O)O)s2)cn1. The van der Waals surface area contributed by atoms with E-state index in [1.165, 1.54) is 6.07 Å². The summed E-state index contributed by atoms with van der Waals surface area (Å²) in [5, 5.41) is 13.5. The molecule has 5 nitrogen and oxygen atoms in total. The monoisotopic (exact) mass is 252 g/mol. The van der Waals surface area contributed by atoms with Gasteiger partial charge in [-0.25, -0.2) is 4.79 Å². The number of nitrogens with zero attached hydrogens (tertiary/aromatic N) is 2. The van der Waals surface area contributed by atoms with Crippen LogP contribution in [0.15, 0.2) is 24.5 Å². The number of rotatable bonds is 5. The largest absolute Gasteiger partial charge is 0.477 e. The van der Waals surface area contributed by atoms with E-state index >= 15 is 0 Å². The minimum Gasteiger partial charge on any atom is -0.477 e. The van der Waals surface area contributed by atoms with E-state index in [1.807, 2.05) is 0 Å². The standard InChI is InChI=1S/C11H12N2O3S/c1-2-5-13-7-8(6-12-13)16-10-4-3-9(17-10)11(14)15/h3-4,6-7H,2,5H2,1H3,(H,14,15). The van der Waals surface area contributed by atoms with Crippen LogP contribution in [0.1, 0.15) is 23.0 Å². The van der Waals surface area contributed by atoms with Gasteiger partial charge in [0.25, 0.3) is 0 Å². The Morgan fingerprint density at radius 2 is 2.41 bits per heavy atom. The lowest BCUT2D eigenvalue weighted by Crippen LogP contribution is -1.95. The van der Waals surface area contributed by atoms with Crippen molar-refractivity contribution in [2.75, 3.05) is 0 Å². The van der Waals surface area contributed by atoms with Gasteiger partial charge in [-0.15, -0.1) is 0 Å². The van der Waals surface area contributed by atoms with Crippen molar-refractivity contribution in [3.63, 3.8) is 0 Å². The Balaban J connectivity index is 2.05. The molecule has 0 saturated heterocycles. The van der Waals surface area contributed by atoms with Crippen molar-refractivity contribution in [3.05, 3.63) is 29.4 Å². The third-order valence-corrected chi connectivity index (χ3v) is 3.02. The molecule has 2 aromatic rings. The van der Waals surface area contributed by atoms with Crippen LogP contribution >= 0.6 is 11.3 Å². The molecule has 2 rings (SSSR count). The van der Waals surface area contributed by atoms with Gasteiger partial charge >= 0.3 is 5.97 Å². The molecule has 0 radical (unpaired) electrons.